The number of piperidine rings is 1. The van der Waals surface area contributed by atoms with E-state index in [9.17, 15) is 13.2 Å². The molecule has 3 rings (SSSR count). The number of benzene rings is 1. The zero-order valence-electron chi connectivity index (χ0n) is 16.1. The summed E-state index contributed by atoms with van der Waals surface area (Å²) in [5, 5.41) is 2.53. The van der Waals surface area contributed by atoms with Crippen LogP contribution in [0.1, 0.15) is 61.7 Å². The van der Waals surface area contributed by atoms with Gasteiger partial charge in [-0.3, -0.25) is 9.69 Å². The summed E-state index contributed by atoms with van der Waals surface area (Å²) in [6, 6.07) is 6.73. The Hall–Kier alpha value is -1.44. The molecule has 1 amide bonds. The summed E-state index contributed by atoms with van der Waals surface area (Å²) in [7, 11) is -2.11. The number of carbonyl (C=O) groups is 1. The molecule has 1 aliphatic carbocycles. The molecule has 0 aromatic heterocycles. The summed E-state index contributed by atoms with van der Waals surface area (Å²) >= 11 is 0. The second kappa shape index (κ2) is 9.17. The third-order valence-electron chi connectivity index (χ3n) is 5.75. The third kappa shape index (κ3) is 5.30. The van der Waals surface area contributed by atoms with Gasteiger partial charge in [-0.15, -0.1) is 0 Å². The van der Waals surface area contributed by atoms with Gasteiger partial charge in [-0.1, -0.05) is 31.7 Å². The number of hydrogen-bond donors (Lipinski definition) is 2. The van der Waals surface area contributed by atoms with Crippen LogP contribution >= 0.6 is 0 Å². The monoisotopic (exact) mass is 393 g/mol. The molecular formula is C20H31N3O3S. The van der Waals surface area contributed by atoms with Crippen LogP contribution in [0, 0.1) is 0 Å². The zero-order valence-corrected chi connectivity index (χ0v) is 16.9. The molecule has 1 atom stereocenters. The topological polar surface area (TPSA) is 78.5 Å². The molecule has 1 aromatic rings. The number of hydrogen-bond acceptors (Lipinski definition) is 4. The molecule has 1 unspecified atom stereocenters. The first kappa shape index (κ1) is 20.3. The van der Waals surface area contributed by atoms with Crippen LogP contribution in [0.3, 0.4) is 0 Å². The molecule has 1 saturated carbocycles. The lowest BCUT2D eigenvalue weighted by molar-refractivity contribution is 0.0963. The van der Waals surface area contributed by atoms with E-state index in [0.29, 0.717) is 11.6 Å². The molecule has 150 valence electrons. The Morgan fingerprint density at radius 1 is 1.07 bits per heavy atom. The Balaban J connectivity index is 1.67. The number of amides is 1. The molecule has 0 radical (unpaired) electrons. The highest BCUT2D eigenvalue weighted by Crippen LogP contribution is 2.25. The maximum atomic E-state index is 12.8. The van der Waals surface area contributed by atoms with Crippen LogP contribution < -0.4 is 10.0 Å². The SMILES string of the molecule is CNC(=O)c1cccc(S(=O)(=O)NC2CCCN(C3CCCCCC3)C2)c1. The molecule has 6 nitrogen and oxygen atoms in total. The van der Waals surface area contributed by atoms with E-state index in [0.717, 1.165) is 25.9 Å². The maximum Gasteiger partial charge on any atom is 0.251 e. The summed E-state index contributed by atoms with van der Waals surface area (Å²) in [5.41, 5.74) is 0.351. The first-order valence-corrected chi connectivity index (χ1v) is 11.6. The van der Waals surface area contributed by atoms with Gasteiger partial charge in [0, 0.05) is 31.2 Å². The normalized spacial score (nSPS) is 22.9. The first-order valence-electron chi connectivity index (χ1n) is 10.1. The number of nitrogens with zero attached hydrogens (tertiary/aromatic N) is 1. The van der Waals surface area contributed by atoms with Crippen molar-refractivity contribution in [2.24, 2.45) is 0 Å². The van der Waals surface area contributed by atoms with Crippen LogP contribution in [0.25, 0.3) is 0 Å². The summed E-state index contributed by atoms with van der Waals surface area (Å²) < 4.78 is 28.6. The van der Waals surface area contributed by atoms with E-state index < -0.39 is 10.0 Å². The minimum absolute atomic E-state index is 0.0735. The Kier molecular flexibility index (Phi) is 6.89. The molecule has 27 heavy (non-hydrogen) atoms. The van der Waals surface area contributed by atoms with Gasteiger partial charge in [-0.05, 0) is 50.4 Å². The van der Waals surface area contributed by atoms with Crippen molar-refractivity contribution in [1.29, 1.82) is 0 Å². The molecule has 0 spiro atoms. The Bertz CT molecular complexity index is 743. The van der Waals surface area contributed by atoms with Gasteiger partial charge in [-0.25, -0.2) is 13.1 Å². The van der Waals surface area contributed by atoms with Gasteiger partial charge in [0.15, 0.2) is 0 Å². The number of rotatable bonds is 5. The van der Waals surface area contributed by atoms with Crippen molar-refractivity contribution in [3.8, 4) is 0 Å². The van der Waals surface area contributed by atoms with Crippen molar-refractivity contribution in [3.63, 3.8) is 0 Å². The number of carbonyl (C=O) groups excluding carboxylic acids is 1. The fourth-order valence-corrected chi connectivity index (χ4v) is 5.60. The van der Waals surface area contributed by atoms with Crippen LogP contribution in [-0.2, 0) is 10.0 Å². The van der Waals surface area contributed by atoms with Gasteiger partial charge in [0.05, 0.1) is 4.90 Å². The van der Waals surface area contributed by atoms with Crippen molar-refractivity contribution in [3.05, 3.63) is 29.8 Å². The summed E-state index contributed by atoms with van der Waals surface area (Å²) in [4.78, 5) is 14.4. The fraction of sp³-hybridized carbons (Fsp3) is 0.650. The van der Waals surface area contributed by atoms with E-state index in [1.165, 1.54) is 51.6 Å². The number of nitrogens with one attached hydrogen (secondary N) is 2. The molecule has 1 aromatic carbocycles. The fourth-order valence-electron chi connectivity index (χ4n) is 4.29. The van der Waals surface area contributed by atoms with Gasteiger partial charge in [0.25, 0.3) is 5.91 Å². The summed E-state index contributed by atoms with van der Waals surface area (Å²) in [6.45, 7) is 1.84. The van der Waals surface area contributed by atoms with E-state index in [1.807, 2.05) is 0 Å². The highest BCUT2D eigenvalue weighted by atomic mass is 32.2. The lowest BCUT2D eigenvalue weighted by Crippen LogP contribution is -2.50. The molecule has 2 aliphatic rings. The molecule has 2 N–H and O–H groups in total. The molecule has 7 heteroatoms. The van der Waals surface area contributed by atoms with Crippen molar-refractivity contribution in [2.45, 2.75) is 68.3 Å². The minimum Gasteiger partial charge on any atom is -0.355 e. The first-order chi connectivity index (χ1) is 13.0. The molecular weight excluding hydrogens is 362 g/mol. The van der Waals surface area contributed by atoms with E-state index in [4.69, 9.17) is 0 Å². The largest absolute Gasteiger partial charge is 0.355 e. The predicted molar refractivity (Wildman–Crippen MR) is 106 cm³/mol. The number of sulfonamides is 1. The Morgan fingerprint density at radius 3 is 2.52 bits per heavy atom. The van der Waals surface area contributed by atoms with E-state index in [2.05, 4.69) is 14.9 Å². The molecule has 1 heterocycles. The second-order valence-electron chi connectivity index (χ2n) is 7.71. The van der Waals surface area contributed by atoms with Gasteiger partial charge in [-0.2, -0.15) is 0 Å². The van der Waals surface area contributed by atoms with Crippen LogP contribution in [0.4, 0.5) is 0 Å². The Labute approximate surface area is 162 Å². The summed E-state index contributed by atoms with van der Waals surface area (Å²) in [6.07, 6.45) is 9.54. The lowest BCUT2D eigenvalue weighted by atomic mass is 10.0. The number of likely N-dealkylation sites (tertiary alicyclic amines) is 1. The van der Waals surface area contributed by atoms with E-state index >= 15 is 0 Å². The summed E-state index contributed by atoms with van der Waals surface area (Å²) in [5.74, 6) is -0.288. The van der Waals surface area contributed by atoms with E-state index in [-0.39, 0.29) is 16.8 Å². The van der Waals surface area contributed by atoms with Crippen LogP contribution in [0.15, 0.2) is 29.2 Å². The van der Waals surface area contributed by atoms with Crippen molar-refractivity contribution in [2.75, 3.05) is 20.1 Å². The Morgan fingerprint density at radius 2 is 1.81 bits per heavy atom. The molecule has 0 bridgehead atoms. The van der Waals surface area contributed by atoms with Gasteiger partial charge in [0.1, 0.15) is 0 Å². The average molecular weight is 394 g/mol. The van der Waals surface area contributed by atoms with Gasteiger partial charge in [0.2, 0.25) is 10.0 Å². The zero-order chi connectivity index (χ0) is 19.3. The van der Waals surface area contributed by atoms with Crippen molar-refractivity contribution < 1.29 is 13.2 Å². The quantitative estimate of drug-likeness (QED) is 0.754. The third-order valence-corrected chi connectivity index (χ3v) is 7.27. The molecule has 1 saturated heterocycles. The molecule has 2 fully saturated rings. The average Bonchev–Trinajstić information content (AvgIpc) is 2.97. The standard InChI is InChI=1S/C20H31N3O3S/c1-21-20(24)16-8-6-12-19(14-16)27(25,26)22-17-9-7-13-23(15-17)18-10-4-2-3-5-11-18/h6,8,12,14,17-18,22H,2-5,7,9-11,13,15H2,1H3,(H,21,24). The van der Waals surface area contributed by atoms with E-state index in [1.54, 1.807) is 18.2 Å². The van der Waals surface area contributed by atoms with Gasteiger partial charge >= 0.3 is 0 Å². The maximum absolute atomic E-state index is 12.8. The lowest BCUT2D eigenvalue weighted by Gasteiger charge is -2.38. The van der Waals surface area contributed by atoms with Crippen LogP contribution in [-0.4, -0.2) is 51.4 Å². The van der Waals surface area contributed by atoms with Crippen molar-refractivity contribution >= 4 is 15.9 Å². The van der Waals surface area contributed by atoms with Crippen LogP contribution in [0.2, 0.25) is 0 Å². The predicted octanol–water partition coefficient (Wildman–Crippen LogP) is 2.51. The minimum atomic E-state index is -3.64. The smallest absolute Gasteiger partial charge is 0.251 e. The second-order valence-corrected chi connectivity index (χ2v) is 9.42. The van der Waals surface area contributed by atoms with Crippen molar-refractivity contribution in [1.82, 2.24) is 14.9 Å². The highest BCUT2D eigenvalue weighted by Gasteiger charge is 2.29. The van der Waals surface area contributed by atoms with Crippen LogP contribution in [0.5, 0.6) is 0 Å². The highest BCUT2D eigenvalue weighted by molar-refractivity contribution is 7.89. The van der Waals surface area contributed by atoms with Gasteiger partial charge < -0.3 is 5.32 Å². The molecule has 1 aliphatic heterocycles.